The van der Waals surface area contributed by atoms with E-state index in [1.807, 2.05) is 42.5 Å². The van der Waals surface area contributed by atoms with E-state index < -0.39 is 0 Å². The number of carbonyl (C=O) groups is 1. The van der Waals surface area contributed by atoms with Gasteiger partial charge < -0.3 is 9.64 Å². The number of aromatic nitrogens is 1. The average molecular weight is 370 g/mol. The summed E-state index contributed by atoms with van der Waals surface area (Å²) in [4.78, 5) is 21.0. The van der Waals surface area contributed by atoms with Crippen molar-refractivity contribution in [1.29, 1.82) is 0 Å². The van der Waals surface area contributed by atoms with Gasteiger partial charge >= 0.3 is 0 Å². The summed E-state index contributed by atoms with van der Waals surface area (Å²) < 4.78 is 6.51. The highest BCUT2D eigenvalue weighted by Crippen LogP contribution is 2.36. The normalized spacial score (nSPS) is 11.1. The maximum absolute atomic E-state index is 13.1. The summed E-state index contributed by atoms with van der Waals surface area (Å²) >= 11 is 1.54. The first-order valence-corrected chi connectivity index (χ1v) is 9.43. The van der Waals surface area contributed by atoms with E-state index in [-0.39, 0.29) is 5.91 Å². The van der Waals surface area contributed by atoms with Crippen molar-refractivity contribution in [2.45, 2.75) is 6.92 Å². The van der Waals surface area contributed by atoms with Crippen molar-refractivity contribution in [1.82, 2.24) is 4.98 Å². The molecule has 1 N–H and O–H groups in total. The fourth-order valence-corrected chi connectivity index (χ4v) is 3.81. The number of nitrogens with zero attached hydrogens (tertiary/aromatic N) is 2. The van der Waals surface area contributed by atoms with E-state index >= 15 is 0 Å². The number of ether oxygens (including phenoxy) is 1. The minimum Gasteiger partial charge on any atom is -0.494 e. The highest BCUT2D eigenvalue weighted by Gasteiger charge is 2.23. The van der Waals surface area contributed by atoms with E-state index in [1.165, 1.54) is 4.90 Å². The Kier molecular flexibility index (Phi) is 5.54. The van der Waals surface area contributed by atoms with E-state index in [1.54, 1.807) is 23.3 Å². The van der Waals surface area contributed by atoms with Crippen LogP contribution in [-0.4, -0.2) is 45.2 Å². The third-order valence-corrected chi connectivity index (χ3v) is 5.46. The summed E-state index contributed by atoms with van der Waals surface area (Å²) in [6.07, 6.45) is 0. The highest BCUT2D eigenvalue weighted by molar-refractivity contribution is 7.22. The minimum atomic E-state index is -0.0254. The summed E-state index contributed by atoms with van der Waals surface area (Å²) in [6, 6.07) is 13.3. The number of amides is 1. The van der Waals surface area contributed by atoms with Crippen molar-refractivity contribution < 1.29 is 14.4 Å². The van der Waals surface area contributed by atoms with Crippen LogP contribution >= 0.6 is 11.3 Å². The topological polar surface area (TPSA) is 46.9 Å². The molecule has 6 heteroatoms. The number of methoxy groups -OCH3 is 1. The van der Waals surface area contributed by atoms with E-state index in [2.05, 4.69) is 21.0 Å². The second-order valence-corrected chi connectivity index (χ2v) is 7.52. The van der Waals surface area contributed by atoms with Crippen LogP contribution in [0, 0.1) is 6.92 Å². The lowest BCUT2D eigenvalue weighted by atomic mass is 10.2. The second kappa shape index (κ2) is 7.85. The Bertz CT molecular complexity index is 906. The number of hydrogen-bond donors (Lipinski definition) is 1. The fraction of sp³-hybridized carbons (Fsp3) is 0.300. The SMILES string of the molecule is COc1ccc(C)c2sc(N(CC[NH+](C)C)C(=O)c3ccccc3)nc12. The van der Waals surface area contributed by atoms with Gasteiger partial charge in [-0.1, -0.05) is 35.6 Å². The molecule has 5 nitrogen and oxygen atoms in total. The molecule has 2 aromatic carbocycles. The van der Waals surface area contributed by atoms with Crippen molar-refractivity contribution in [2.75, 3.05) is 39.2 Å². The molecular weight excluding hydrogens is 346 g/mol. The standard InChI is InChI=1S/C20H23N3O2S/c1-14-10-11-16(25-4)17-18(14)26-20(21-17)23(13-12-22(2)3)19(24)15-8-6-5-7-9-15/h5-11H,12-13H2,1-4H3/p+1. The molecule has 0 unspecified atom stereocenters. The first kappa shape index (κ1) is 18.4. The number of fused-ring (bicyclic) bond motifs is 1. The van der Waals surface area contributed by atoms with Gasteiger partial charge in [-0.25, -0.2) is 4.98 Å². The quantitative estimate of drug-likeness (QED) is 0.725. The van der Waals surface area contributed by atoms with Crippen LogP contribution in [0.15, 0.2) is 42.5 Å². The van der Waals surface area contributed by atoms with E-state index in [4.69, 9.17) is 9.72 Å². The van der Waals surface area contributed by atoms with Crippen molar-refractivity contribution in [3.05, 3.63) is 53.6 Å². The van der Waals surface area contributed by atoms with Gasteiger partial charge in [0.25, 0.3) is 5.91 Å². The van der Waals surface area contributed by atoms with Gasteiger partial charge in [0.15, 0.2) is 5.13 Å². The number of benzene rings is 2. The summed E-state index contributed by atoms with van der Waals surface area (Å²) in [5.74, 6) is 0.709. The zero-order valence-electron chi connectivity index (χ0n) is 15.6. The summed E-state index contributed by atoms with van der Waals surface area (Å²) in [5.41, 5.74) is 2.62. The third kappa shape index (κ3) is 3.71. The van der Waals surface area contributed by atoms with Gasteiger partial charge in [0.1, 0.15) is 11.3 Å². The first-order valence-electron chi connectivity index (χ1n) is 8.61. The van der Waals surface area contributed by atoms with Gasteiger partial charge in [-0.3, -0.25) is 9.69 Å². The van der Waals surface area contributed by atoms with E-state index in [0.717, 1.165) is 28.1 Å². The van der Waals surface area contributed by atoms with Crippen LogP contribution in [0.3, 0.4) is 0 Å². The molecule has 1 amide bonds. The van der Waals surface area contributed by atoms with Gasteiger partial charge in [0.2, 0.25) is 0 Å². The maximum Gasteiger partial charge on any atom is 0.260 e. The molecule has 0 atom stereocenters. The average Bonchev–Trinajstić information content (AvgIpc) is 3.08. The Labute approximate surface area is 157 Å². The summed E-state index contributed by atoms with van der Waals surface area (Å²) in [5, 5.41) is 0.711. The number of rotatable bonds is 6. The molecule has 1 aromatic heterocycles. The van der Waals surface area contributed by atoms with Crippen molar-refractivity contribution in [3.63, 3.8) is 0 Å². The van der Waals surface area contributed by atoms with Gasteiger partial charge in [-0.2, -0.15) is 0 Å². The molecule has 1 heterocycles. The molecule has 3 aromatic rings. The smallest absolute Gasteiger partial charge is 0.260 e. The number of quaternary nitrogens is 1. The Morgan fingerprint density at radius 1 is 1.19 bits per heavy atom. The van der Waals surface area contributed by atoms with Crippen LogP contribution in [0.5, 0.6) is 5.75 Å². The van der Waals surface area contributed by atoms with Crippen molar-refractivity contribution in [3.8, 4) is 5.75 Å². The Balaban J connectivity index is 2.05. The molecule has 0 saturated heterocycles. The number of likely N-dealkylation sites (N-methyl/N-ethyl adjacent to an activating group) is 1. The fourth-order valence-electron chi connectivity index (χ4n) is 2.73. The van der Waals surface area contributed by atoms with Crippen LogP contribution in [0.25, 0.3) is 10.2 Å². The second-order valence-electron chi connectivity index (χ2n) is 6.54. The van der Waals surface area contributed by atoms with Crippen LogP contribution in [0.4, 0.5) is 5.13 Å². The third-order valence-electron chi connectivity index (χ3n) is 4.24. The highest BCUT2D eigenvalue weighted by atomic mass is 32.1. The van der Waals surface area contributed by atoms with E-state index in [9.17, 15) is 4.79 Å². The number of aryl methyl sites for hydroxylation is 1. The Morgan fingerprint density at radius 3 is 2.58 bits per heavy atom. The summed E-state index contributed by atoms with van der Waals surface area (Å²) in [7, 11) is 5.80. The Morgan fingerprint density at radius 2 is 1.92 bits per heavy atom. The van der Waals surface area contributed by atoms with Gasteiger partial charge in [0, 0.05) is 5.56 Å². The van der Waals surface area contributed by atoms with Gasteiger partial charge in [0.05, 0.1) is 39.0 Å². The summed E-state index contributed by atoms with van der Waals surface area (Å²) in [6.45, 7) is 3.50. The molecule has 3 rings (SSSR count). The molecule has 0 saturated carbocycles. The van der Waals surface area contributed by atoms with Crippen molar-refractivity contribution >= 4 is 32.6 Å². The predicted octanol–water partition coefficient (Wildman–Crippen LogP) is 2.40. The molecule has 136 valence electrons. The molecule has 0 aliphatic heterocycles. The van der Waals surface area contributed by atoms with Crippen LogP contribution in [0.1, 0.15) is 15.9 Å². The van der Waals surface area contributed by atoms with Crippen LogP contribution < -0.4 is 14.5 Å². The van der Waals surface area contributed by atoms with Crippen molar-refractivity contribution in [2.24, 2.45) is 0 Å². The predicted molar refractivity (Wildman–Crippen MR) is 107 cm³/mol. The minimum absolute atomic E-state index is 0.0254. The number of thiazole rings is 1. The Hall–Kier alpha value is -2.44. The molecule has 0 radical (unpaired) electrons. The van der Waals surface area contributed by atoms with Crippen LogP contribution in [-0.2, 0) is 0 Å². The number of anilines is 1. The zero-order valence-corrected chi connectivity index (χ0v) is 16.4. The number of nitrogens with one attached hydrogen (secondary N) is 1. The lowest BCUT2D eigenvalue weighted by molar-refractivity contribution is -0.856. The molecule has 0 aliphatic rings. The van der Waals surface area contributed by atoms with Gasteiger partial charge in [-0.15, -0.1) is 0 Å². The molecule has 26 heavy (non-hydrogen) atoms. The molecule has 0 spiro atoms. The lowest BCUT2D eigenvalue weighted by Gasteiger charge is -2.20. The van der Waals surface area contributed by atoms with Crippen LogP contribution in [0.2, 0.25) is 0 Å². The zero-order chi connectivity index (χ0) is 18.7. The number of hydrogen-bond acceptors (Lipinski definition) is 4. The molecule has 0 bridgehead atoms. The lowest BCUT2D eigenvalue weighted by Crippen LogP contribution is -3.06. The molecular formula is C20H24N3O2S+. The monoisotopic (exact) mass is 370 g/mol. The molecule has 0 fully saturated rings. The maximum atomic E-state index is 13.1. The number of carbonyl (C=O) groups excluding carboxylic acids is 1. The van der Waals surface area contributed by atoms with E-state index in [0.29, 0.717) is 17.2 Å². The largest absolute Gasteiger partial charge is 0.494 e. The van der Waals surface area contributed by atoms with Gasteiger partial charge in [-0.05, 0) is 30.7 Å². The first-order chi connectivity index (χ1) is 12.5. The molecule has 0 aliphatic carbocycles.